The van der Waals surface area contributed by atoms with E-state index in [0.29, 0.717) is 6.61 Å². The summed E-state index contributed by atoms with van der Waals surface area (Å²) in [5.74, 6) is 0.827. The fraction of sp³-hybridized carbons (Fsp3) is 0.438. The minimum absolute atomic E-state index is 0.595. The molecule has 1 heterocycles. The summed E-state index contributed by atoms with van der Waals surface area (Å²) in [6, 6.07) is 8.45. The molecule has 0 fully saturated rings. The van der Waals surface area contributed by atoms with Gasteiger partial charge in [-0.3, -0.25) is 4.68 Å². The largest absolute Gasteiger partial charge is 0.486 e. The van der Waals surface area contributed by atoms with Gasteiger partial charge in [0.2, 0.25) is 0 Å². The van der Waals surface area contributed by atoms with Crippen molar-refractivity contribution in [2.75, 3.05) is 13.1 Å². The van der Waals surface area contributed by atoms with Gasteiger partial charge in [-0.15, -0.1) is 0 Å². The number of ether oxygens (including phenoxy) is 1. The van der Waals surface area contributed by atoms with Gasteiger partial charge in [0.15, 0.2) is 5.75 Å². The number of hydrogen-bond acceptors (Lipinski definition) is 3. The highest BCUT2D eigenvalue weighted by Gasteiger charge is 2.04. The van der Waals surface area contributed by atoms with E-state index in [1.54, 1.807) is 6.20 Å². The Morgan fingerprint density at radius 1 is 1.20 bits per heavy atom. The van der Waals surface area contributed by atoms with E-state index < -0.39 is 0 Å². The lowest BCUT2D eigenvalue weighted by Gasteiger charge is -2.10. The molecule has 0 bridgehead atoms. The van der Waals surface area contributed by atoms with Crippen LogP contribution in [0.5, 0.6) is 5.75 Å². The van der Waals surface area contributed by atoms with Crippen LogP contribution in [-0.2, 0) is 19.6 Å². The van der Waals surface area contributed by atoms with Crippen molar-refractivity contribution < 1.29 is 4.74 Å². The van der Waals surface area contributed by atoms with E-state index in [4.69, 9.17) is 4.74 Å². The van der Waals surface area contributed by atoms with E-state index in [2.05, 4.69) is 48.5 Å². The molecule has 2 aromatic rings. The first kappa shape index (κ1) is 14.6. The van der Waals surface area contributed by atoms with Crippen LogP contribution in [0.1, 0.15) is 25.0 Å². The van der Waals surface area contributed by atoms with E-state index in [0.717, 1.165) is 31.8 Å². The average Bonchev–Trinajstić information content (AvgIpc) is 2.94. The lowest BCUT2D eigenvalue weighted by Crippen LogP contribution is -2.17. The van der Waals surface area contributed by atoms with Crippen molar-refractivity contribution in [3.05, 3.63) is 47.8 Å². The number of benzene rings is 1. The van der Waals surface area contributed by atoms with Gasteiger partial charge in [-0.2, -0.15) is 5.10 Å². The summed E-state index contributed by atoms with van der Waals surface area (Å²) in [5, 5.41) is 7.57. The summed E-state index contributed by atoms with van der Waals surface area (Å²) in [7, 11) is 0. The molecule has 0 aliphatic carbocycles. The molecule has 1 aromatic carbocycles. The number of nitrogens with one attached hydrogen (secondary N) is 1. The molecule has 4 nitrogen and oxygen atoms in total. The predicted octanol–water partition coefficient (Wildman–Crippen LogP) is 2.63. The average molecular weight is 273 g/mol. The number of hydrogen-bond donors (Lipinski definition) is 1. The molecule has 20 heavy (non-hydrogen) atoms. The Balaban J connectivity index is 1.94. The molecule has 0 saturated carbocycles. The Morgan fingerprint density at radius 3 is 2.70 bits per heavy atom. The highest BCUT2D eigenvalue weighted by atomic mass is 16.5. The molecule has 0 atom stereocenters. The maximum Gasteiger partial charge on any atom is 0.157 e. The molecule has 1 N–H and O–H groups in total. The predicted molar refractivity (Wildman–Crippen MR) is 80.9 cm³/mol. The third kappa shape index (κ3) is 4.10. The number of nitrogens with zero attached hydrogens (tertiary/aromatic N) is 2. The molecule has 0 aliphatic heterocycles. The topological polar surface area (TPSA) is 39.1 Å². The van der Waals surface area contributed by atoms with Crippen molar-refractivity contribution in [2.24, 2.45) is 0 Å². The van der Waals surface area contributed by atoms with Crippen molar-refractivity contribution in [3.63, 3.8) is 0 Å². The SMILES string of the molecule is CCNCCc1ccccc1COc1cnn(CC)c1. The van der Waals surface area contributed by atoms with Crippen molar-refractivity contribution in [3.8, 4) is 5.75 Å². The van der Waals surface area contributed by atoms with Crippen LogP contribution in [0, 0.1) is 0 Å². The van der Waals surface area contributed by atoms with Gasteiger partial charge in [0, 0.05) is 6.54 Å². The third-order valence-corrected chi connectivity index (χ3v) is 3.27. The van der Waals surface area contributed by atoms with Crippen LogP contribution in [-0.4, -0.2) is 22.9 Å². The normalized spacial score (nSPS) is 10.7. The maximum absolute atomic E-state index is 5.82. The zero-order chi connectivity index (χ0) is 14.2. The number of aryl methyl sites for hydroxylation is 1. The van der Waals surface area contributed by atoms with Gasteiger partial charge >= 0.3 is 0 Å². The summed E-state index contributed by atoms with van der Waals surface area (Å²) < 4.78 is 7.69. The maximum atomic E-state index is 5.82. The first-order valence-corrected chi connectivity index (χ1v) is 7.26. The van der Waals surface area contributed by atoms with Crippen LogP contribution in [0.25, 0.3) is 0 Å². The van der Waals surface area contributed by atoms with Gasteiger partial charge < -0.3 is 10.1 Å². The minimum Gasteiger partial charge on any atom is -0.486 e. The van der Waals surface area contributed by atoms with Crippen LogP contribution >= 0.6 is 0 Å². The molecule has 0 amide bonds. The molecular weight excluding hydrogens is 250 g/mol. The Bertz CT molecular complexity index is 522. The number of likely N-dealkylation sites (N-methyl/N-ethyl adjacent to an activating group) is 1. The summed E-state index contributed by atoms with van der Waals surface area (Å²) in [6.45, 7) is 7.66. The molecule has 1 aromatic heterocycles. The summed E-state index contributed by atoms with van der Waals surface area (Å²) in [5.41, 5.74) is 2.59. The van der Waals surface area contributed by atoms with Gasteiger partial charge in [0.25, 0.3) is 0 Å². The van der Waals surface area contributed by atoms with Crippen LogP contribution in [0.2, 0.25) is 0 Å². The van der Waals surface area contributed by atoms with E-state index in [9.17, 15) is 0 Å². The van der Waals surface area contributed by atoms with Gasteiger partial charge in [-0.05, 0) is 37.6 Å². The van der Waals surface area contributed by atoms with E-state index >= 15 is 0 Å². The lowest BCUT2D eigenvalue weighted by molar-refractivity contribution is 0.304. The zero-order valence-corrected chi connectivity index (χ0v) is 12.3. The highest BCUT2D eigenvalue weighted by molar-refractivity contribution is 5.27. The van der Waals surface area contributed by atoms with E-state index in [-0.39, 0.29) is 0 Å². The number of rotatable bonds is 8. The Hall–Kier alpha value is -1.81. The third-order valence-electron chi connectivity index (χ3n) is 3.27. The molecule has 2 rings (SSSR count). The number of aromatic nitrogens is 2. The van der Waals surface area contributed by atoms with Crippen LogP contribution in [0.4, 0.5) is 0 Å². The Kier molecular flexibility index (Phi) is 5.62. The summed E-state index contributed by atoms with van der Waals surface area (Å²) in [6.07, 6.45) is 4.73. The van der Waals surface area contributed by atoms with Crippen molar-refractivity contribution >= 4 is 0 Å². The minimum atomic E-state index is 0.595. The summed E-state index contributed by atoms with van der Waals surface area (Å²) in [4.78, 5) is 0. The Morgan fingerprint density at radius 2 is 2.00 bits per heavy atom. The van der Waals surface area contributed by atoms with Gasteiger partial charge in [0.05, 0.1) is 12.4 Å². The van der Waals surface area contributed by atoms with Crippen LogP contribution < -0.4 is 10.1 Å². The molecule has 4 heteroatoms. The fourth-order valence-corrected chi connectivity index (χ4v) is 2.10. The van der Waals surface area contributed by atoms with Gasteiger partial charge in [-0.1, -0.05) is 31.2 Å². The molecule has 108 valence electrons. The fourth-order valence-electron chi connectivity index (χ4n) is 2.10. The molecule has 0 radical (unpaired) electrons. The quantitative estimate of drug-likeness (QED) is 0.752. The summed E-state index contributed by atoms with van der Waals surface area (Å²) >= 11 is 0. The Labute approximate surface area is 120 Å². The van der Waals surface area contributed by atoms with Crippen molar-refractivity contribution in [1.82, 2.24) is 15.1 Å². The molecule has 0 saturated heterocycles. The second-order valence-corrected chi connectivity index (χ2v) is 4.69. The molecule has 0 aliphatic rings. The van der Waals surface area contributed by atoms with Crippen molar-refractivity contribution in [1.29, 1.82) is 0 Å². The smallest absolute Gasteiger partial charge is 0.157 e. The lowest BCUT2D eigenvalue weighted by atomic mass is 10.1. The zero-order valence-electron chi connectivity index (χ0n) is 12.3. The van der Waals surface area contributed by atoms with Crippen LogP contribution in [0.15, 0.2) is 36.7 Å². The standard InChI is InChI=1S/C16H23N3O/c1-3-17-10-9-14-7-5-6-8-15(14)13-20-16-11-18-19(4-2)12-16/h5-8,11-12,17H,3-4,9-10,13H2,1-2H3. The van der Waals surface area contributed by atoms with E-state index in [1.807, 2.05) is 10.9 Å². The highest BCUT2D eigenvalue weighted by Crippen LogP contribution is 2.14. The second-order valence-electron chi connectivity index (χ2n) is 4.69. The van der Waals surface area contributed by atoms with E-state index in [1.165, 1.54) is 11.1 Å². The monoisotopic (exact) mass is 273 g/mol. The first-order valence-electron chi connectivity index (χ1n) is 7.26. The van der Waals surface area contributed by atoms with Gasteiger partial charge in [0.1, 0.15) is 6.61 Å². The van der Waals surface area contributed by atoms with Gasteiger partial charge in [-0.25, -0.2) is 0 Å². The van der Waals surface area contributed by atoms with Crippen LogP contribution in [0.3, 0.4) is 0 Å². The molecular formula is C16H23N3O. The molecule has 0 spiro atoms. The first-order chi connectivity index (χ1) is 9.83. The van der Waals surface area contributed by atoms with Crippen molar-refractivity contribution in [2.45, 2.75) is 33.4 Å². The second kappa shape index (κ2) is 7.70. The molecule has 0 unspecified atom stereocenters.